The molecular formula is C22H16N2O3S. The van der Waals surface area contributed by atoms with E-state index in [1.54, 1.807) is 18.3 Å². The van der Waals surface area contributed by atoms with Gasteiger partial charge in [-0.25, -0.2) is 0 Å². The first-order valence-electron chi connectivity index (χ1n) is 8.65. The first-order chi connectivity index (χ1) is 13.7. The van der Waals surface area contributed by atoms with Crippen LogP contribution in [0.3, 0.4) is 0 Å². The number of amides is 2. The summed E-state index contributed by atoms with van der Waals surface area (Å²) in [6.45, 7) is 0.514. The van der Waals surface area contributed by atoms with Crippen molar-refractivity contribution in [2.24, 2.45) is 0 Å². The molecule has 5 nitrogen and oxygen atoms in total. The molecule has 1 aliphatic rings. The number of imide groups is 1. The number of carbonyl (C=O) groups excluding carboxylic acids is 2. The number of nitrogens with one attached hydrogen (secondary N) is 1. The molecule has 0 unspecified atom stereocenters. The number of aromatic nitrogens is 1. The number of hydrogen-bond donors (Lipinski definition) is 1. The maximum absolute atomic E-state index is 11.7. The Hall–Kier alpha value is -3.38. The molecule has 138 valence electrons. The van der Waals surface area contributed by atoms with Crippen LogP contribution in [0.4, 0.5) is 4.79 Å². The summed E-state index contributed by atoms with van der Waals surface area (Å²) in [5.74, 6) is 0.414. The summed E-state index contributed by atoms with van der Waals surface area (Å²) in [6, 6.07) is 21.4. The SMILES string of the molecule is O=C1NC(=O)/C(=C/c2ccnc(-c3ccc(OCc4ccccc4)cc3)c2)S1. The van der Waals surface area contributed by atoms with Crippen molar-refractivity contribution in [3.8, 4) is 17.0 Å². The van der Waals surface area contributed by atoms with Gasteiger partial charge in [-0.1, -0.05) is 30.3 Å². The Balaban J connectivity index is 1.48. The quantitative estimate of drug-likeness (QED) is 0.644. The molecule has 1 fully saturated rings. The molecule has 3 aromatic rings. The van der Waals surface area contributed by atoms with E-state index < -0.39 is 0 Å². The molecule has 0 atom stereocenters. The molecule has 0 spiro atoms. The van der Waals surface area contributed by atoms with Crippen molar-refractivity contribution in [3.63, 3.8) is 0 Å². The van der Waals surface area contributed by atoms with Crippen LogP contribution < -0.4 is 10.1 Å². The molecule has 0 bridgehead atoms. The van der Waals surface area contributed by atoms with E-state index in [4.69, 9.17) is 4.74 Å². The van der Waals surface area contributed by atoms with Gasteiger partial charge in [0.05, 0.1) is 10.6 Å². The minimum absolute atomic E-state index is 0.350. The molecule has 1 aliphatic heterocycles. The topological polar surface area (TPSA) is 68.3 Å². The second kappa shape index (κ2) is 8.10. The largest absolute Gasteiger partial charge is 0.489 e. The number of carbonyl (C=O) groups is 2. The molecule has 2 amide bonds. The molecule has 0 aliphatic carbocycles. The van der Waals surface area contributed by atoms with Crippen LogP contribution in [0, 0.1) is 0 Å². The lowest BCUT2D eigenvalue weighted by atomic mass is 10.1. The maximum atomic E-state index is 11.7. The van der Waals surface area contributed by atoms with Gasteiger partial charge in [-0.3, -0.25) is 19.9 Å². The highest BCUT2D eigenvalue weighted by atomic mass is 32.2. The fourth-order valence-corrected chi connectivity index (χ4v) is 3.41. The van der Waals surface area contributed by atoms with Gasteiger partial charge in [0, 0.05) is 11.8 Å². The highest BCUT2D eigenvalue weighted by Gasteiger charge is 2.24. The third kappa shape index (κ3) is 4.29. The lowest BCUT2D eigenvalue weighted by Crippen LogP contribution is -2.17. The zero-order chi connectivity index (χ0) is 19.3. The lowest BCUT2D eigenvalue weighted by molar-refractivity contribution is -0.115. The number of ether oxygens (including phenoxy) is 1. The smallest absolute Gasteiger partial charge is 0.290 e. The molecule has 0 radical (unpaired) electrons. The van der Waals surface area contributed by atoms with E-state index in [0.717, 1.165) is 39.9 Å². The van der Waals surface area contributed by atoms with E-state index in [9.17, 15) is 9.59 Å². The molecule has 6 heteroatoms. The number of rotatable bonds is 5. The number of hydrogen-bond acceptors (Lipinski definition) is 5. The molecular weight excluding hydrogens is 372 g/mol. The molecule has 1 saturated heterocycles. The summed E-state index contributed by atoms with van der Waals surface area (Å²) < 4.78 is 5.81. The van der Waals surface area contributed by atoms with Crippen LogP contribution in [-0.4, -0.2) is 16.1 Å². The Morgan fingerprint density at radius 3 is 2.50 bits per heavy atom. The van der Waals surface area contributed by atoms with E-state index in [0.29, 0.717) is 11.5 Å². The molecule has 2 aromatic carbocycles. The van der Waals surface area contributed by atoms with Crippen LogP contribution in [0.1, 0.15) is 11.1 Å². The van der Waals surface area contributed by atoms with Crippen LogP contribution in [0.2, 0.25) is 0 Å². The minimum Gasteiger partial charge on any atom is -0.489 e. The number of pyridine rings is 1. The van der Waals surface area contributed by atoms with Gasteiger partial charge in [0.25, 0.3) is 11.1 Å². The number of nitrogens with zero attached hydrogens (tertiary/aromatic N) is 1. The summed E-state index contributed by atoms with van der Waals surface area (Å²) in [7, 11) is 0. The number of benzene rings is 2. The Bertz CT molecular complexity index is 1050. The van der Waals surface area contributed by atoms with Crippen molar-refractivity contribution >= 4 is 29.0 Å². The molecule has 1 aromatic heterocycles. The van der Waals surface area contributed by atoms with Crippen LogP contribution >= 0.6 is 11.8 Å². The third-order valence-electron chi connectivity index (χ3n) is 4.12. The third-order valence-corrected chi connectivity index (χ3v) is 4.93. The van der Waals surface area contributed by atoms with Gasteiger partial charge >= 0.3 is 0 Å². The van der Waals surface area contributed by atoms with E-state index in [-0.39, 0.29) is 11.1 Å². The zero-order valence-corrected chi connectivity index (χ0v) is 15.6. The predicted molar refractivity (Wildman–Crippen MR) is 110 cm³/mol. The summed E-state index contributed by atoms with van der Waals surface area (Å²) in [5.41, 5.74) is 3.63. The monoisotopic (exact) mass is 388 g/mol. The van der Waals surface area contributed by atoms with E-state index >= 15 is 0 Å². The summed E-state index contributed by atoms with van der Waals surface area (Å²) in [6.07, 6.45) is 3.37. The van der Waals surface area contributed by atoms with Crippen molar-refractivity contribution in [2.75, 3.05) is 0 Å². The maximum Gasteiger partial charge on any atom is 0.290 e. The van der Waals surface area contributed by atoms with Crippen molar-refractivity contribution in [2.45, 2.75) is 6.61 Å². The van der Waals surface area contributed by atoms with Gasteiger partial charge in [0.15, 0.2) is 0 Å². The second-order valence-corrected chi connectivity index (χ2v) is 7.14. The van der Waals surface area contributed by atoms with E-state index in [2.05, 4.69) is 10.3 Å². The molecule has 4 rings (SSSR count). The van der Waals surface area contributed by atoms with Crippen LogP contribution in [0.15, 0.2) is 77.8 Å². The van der Waals surface area contributed by atoms with Crippen molar-refractivity contribution in [1.82, 2.24) is 10.3 Å². The summed E-state index contributed by atoms with van der Waals surface area (Å²) in [5, 5.41) is 1.90. The number of thioether (sulfide) groups is 1. The van der Waals surface area contributed by atoms with Gasteiger partial charge in [0.1, 0.15) is 12.4 Å². The standard InChI is InChI=1S/C22H16N2O3S/c25-21-20(28-22(26)24-21)13-16-10-11-23-19(12-16)17-6-8-18(9-7-17)27-14-15-4-2-1-3-5-15/h1-13H,14H2,(H,24,25,26)/b20-13-. The van der Waals surface area contributed by atoms with Crippen molar-refractivity contribution < 1.29 is 14.3 Å². The van der Waals surface area contributed by atoms with Crippen LogP contribution in [-0.2, 0) is 11.4 Å². The van der Waals surface area contributed by atoms with Crippen molar-refractivity contribution in [1.29, 1.82) is 0 Å². The van der Waals surface area contributed by atoms with Gasteiger partial charge in [-0.2, -0.15) is 0 Å². The van der Waals surface area contributed by atoms with Gasteiger partial charge in [-0.05, 0) is 65.4 Å². The van der Waals surface area contributed by atoms with Crippen LogP contribution in [0.25, 0.3) is 17.3 Å². The lowest BCUT2D eigenvalue weighted by Gasteiger charge is -2.08. The average molecular weight is 388 g/mol. The summed E-state index contributed by atoms with van der Waals surface area (Å²) >= 11 is 0.900. The fourth-order valence-electron chi connectivity index (χ4n) is 2.73. The first kappa shape index (κ1) is 18.0. The van der Waals surface area contributed by atoms with Gasteiger partial charge < -0.3 is 4.74 Å². The molecule has 28 heavy (non-hydrogen) atoms. The Labute approximate surface area is 166 Å². The van der Waals surface area contributed by atoms with Crippen molar-refractivity contribution in [3.05, 3.63) is 89.0 Å². The van der Waals surface area contributed by atoms with Crippen LogP contribution in [0.5, 0.6) is 5.75 Å². The Morgan fingerprint density at radius 1 is 1.00 bits per heavy atom. The molecule has 1 N–H and O–H groups in total. The Morgan fingerprint density at radius 2 is 1.79 bits per heavy atom. The predicted octanol–water partition coefficient (Wildman–Crippen LogP) is 4.65. The fraction of sp³-hybridized carbons (Fsp3) is 0.0455. The highest BCUT2D eigenvalue weighted by Crippen LogP contribution is 2.27. The van der Waals surface area contributed by atoms with Gasteiger partial charge in [-0.15, -0.1) is 0 Å². The van der Waals surface area contributed by atoms with E-state index in [1.807, 2.05) is 60.7 Å². The minimum atomic E-state index is -0.367. The first-order valence-corrected chi connectivity index (χ1v) is 9.47. The highest BCUT2D eigenvalue weighted by molar-refractivity contribution is 8.18. The zero-order valence-electron chi connectivity index (χ0n) is 14.8. The summed E-state index contributed by atoms with van der Waals surface area (Å²) in [4.78, 5) is 27.8. The second-order valence-electron chi connectivity index (χ2n) is 6.13. The Kier molecular flexibility index (Phi) is 5.21. The van der Waals surface area contributed by atoms with E-state index in [1.165, 1.54) is 0 Å². The molecule has 2 heterocycles. The molecule has 0 saturated carbocycles. The average Bonchev–Trinajstić information content (AvgIpc) is 3.04. The normalized spacial score (nSPS) is 14.9. The van der Waals surface area contributed by atoms with Gasteiger partial charge in [0.2, 0.25) is 0 Å².